The molecule has 1 aromatic rings. The van der Waals surface area contributed by atoms with Gasteiger partial charge in [-0.25, -0.2) is 4.74 Å². The summed E-state index contributed by atoms with van der Waals surface area (Å²) in [5.41, 5.74) is 0. The van der Waals surface area contributed by atoms with Crippen LogP contribution in [-0.2, 0) is 0 Å². The monoisotopic (exact) mass is 426 g/mol. The molecule has 0 bridgehead atoms. The third-order valence-electron chi connectivity index (χ3n) is 5.34. The van der Waals surface area contributed by atoms with Crippen molar-refractivity contribution in [2.45, 2.75) is 41.5 Å². The average molecular weight is 427 g/mol. The first-order chi connectivity index (χ1) is 13.5. The number of quaternary nitrogens is 1. The minimum atomic E-state index is -2.12. The Morgan fingerprint density at radius 2 is 1.43 bits per heavy atom. The predicted molar refractivity (Wildman–Crippen MR) is 129 cm³/mol. The van der Waals surface area contributed by atoms with Crippen LogP contribution in [0.1, 0.15) is 41.5 Å². The van der Waals surface area contributed by atoms with Gasteiger partial charge in [-0.15, -0.1) is 0 Å². The zero-order valence-electron chi connectivity index (χ0n) is 18.7. The van der Waals surface area contributed by atoms with Gasteiger partial charge in [0.15, 0.2) is 5.11 Å². The van der Waals surface area contributed by atoms with Crippen molar-refractivity contribution in [1.29, 1.82) is 0 Å². The lowest BCUT2D eigenvalue weighted by Crippen LogP contribution is -3.12. The molecule has 160 valence electrons. The molecule has 0 saturated carbocycles. The van der Waals surface area contributed by atoms with E-state index in [-0.39, 0.29) is 0 Å². The molecule has 0 aromatic heterocycles. The zero-order valence-corrected chi connectivity index (χ0v) is 20.5. The van der Waals surface area contributed by atoms with Crippen LogP contribution < -0.4 is 15.5 Å². The molecule has 7 heteroatoms. The lowest BCUT2D eigenvalue weighted by molar-refractivity contribution is -0.895. The van der Waals surface area contributed by atoms with Gasteiger partial charge in [-0.05, 0) is 26.1 Å². The van der Waals surface area contributed by atoms with Crippen molar-refractivity contribution in [2.24, 2.45) is 4.74 Å². The molecule has 0 aliphatic carbocycles. The Morgan fingerprint density at radius 1 is 0.929 bits per heavy atom. The van der Waals surface area contributed by atoms with Crippen molar-refractivity contribution in [1.82, 2.24) is 14.7 Å². The highest BCUT2D eigenvalue weighted by molar-refractivity contribution is 7.81. The Kier molecular flexibility index (Phi) is 12.1. The van der Waals surface area contributed by atoms with Gasteiger partial charge in [-0.1, -0.05) is 58.0 Å². The molecule has 5 nitrogen and oxygen atoms in total. The predicted octanol–water partition coefficient (Wildman–Crippen LogP) is 2.83. The first kappa shape index (κ1) is 25.3. The molecule has 0 amide bonds. The standard InChI is InChI=1S/C21H40N5PS/c1-7-24(8-2)19-18-22-21(28)23-27(25(9-3)10-4,26(11-5)12-6)20-16-14-13-15-17-20/h13-17H,7-12,18-19H2,1-6H3,(H,22,28)/p+1. The number of likely N-dealkylation sites (N-methyl/N-ethyl adjacent to an activating group) is 1. The van der Waals surface area contributed by atoms with Crippen molar-refractivity contribution in [2.75, 3.05) is 52.4 Å². The number of benzene rings is 1. The molecular weight excluding hydrogens is 385 g/mol. The van der Waals surface area contributed by atoms with Gasteiger partial charge in [0.25, 0.3) is 0 Å². The van der Waals surface area contributed by atoms with Crippen LogP contribution in [0.25, 0.3) is 0 Å². The SMILES string of the molecule is CCN(CC)P(=NC(=S)NCC[NH+](CC)CC)(c1ccccc1)N(CC)CC. The smallest absolute Gasteiger partial charge is 0.194 e. The zero-order chi connectivity index (χ0) is 21.0. The molecule has 28 heavy (non-hydrogen) atoms. The molecule has 0 fully saturated rings. The van der Waals surface area contributed by atoms with Crippen LogP contribution in [0, 0.1) is 0 Å². The average Bonchev–Trinajstić information content (AvgIpc) is 2.73. The topological polar surface area (TPSA) is 35.3 Å². The summed E-state index contributed by atoms with van der Waals surface area (Å²) in [4.78, 5) is 1.58. The molecule has 0 unspecified atom stereocenters. The summed E-state index contributed by atoms with van der Waals surface area (Å²) in [6.07, 6.45) is 0. The van der Waals surface area contributed by atoms with Crippen LogP contribution in [0.2, 0.25) is 0 Å². The summed E-state index contributed by atoms with van der Waals surface area (Å²) in [6.45, 7) is 21.4. The molecule has 2 N–H and O–H groups in total. The molecule has 0 spiro atoms. The summed E-state index contributed by atoms with van der Waals surface area (Å²) < 4.78 is 10.3. The van der Waals surface area contributed by atoms with Gasteiger partial charge in [0.1, 0.15) is 7.36 Å². The van der Waals surface area contributed by atoms with Gasteiger partial charge >= 0.3 is 0 Å². The van der Waals surface area contributed by atoms with E-state index >= 15 is 0 Å². The molecule has 0 atom stereocenters. The number of thiocarbonyl (C=S) groups is 1. The van der Waals surface area contributed by atoms with Gasteiger partial charge in [0, 0.05) is 31.5 Å². The number of nitrogens with zero attached hydrogens (tertiary/aromatic N) is 3. The minimum Gasteiger partial charge on any atom is -0.355 e. The van der Waals surface area contributed by atoms with E-state index in [1.807, 2.05) is 0 Å². The van der Waals surface area contributed by atoms with E-state index in [9.17, 15) is 0 Å². The maximum Gasteiger partial charge on any atom is 0.194 e. The van der Waals surface area contributed by atoms with Gasteiger partial charge in [-0.3, -0.25) is 9.34 Å². The summed E-state index contributed by atoms with van der Waals surface area (Å²) in [5.74, 6) is 0. The van der Waals surface area contributed by atoms with Crippen molar-refractivity contribution in [3.8, 4) is 0 Å². The Labute approximate surface area is 178 Å². The second kappa shape index (κ2) is 13.4. The van der Waals surface area contributed by atoms with Gasteiger partial charge in [-0.2, -0.15) is 0 Å². The fourth-order valence-corrected chi connectivity index (χ4v) is 7.96. The van der Waals surface area contributed by atoms with Gasteiger partial charge in [0.2, 0.25) is 0 Å². The van der Waals surface area contributed by atoms with Crippen LogP contribution in [-0.4, -0.2) is 66.8 Å². The highest BCUT2D eigenvalue weighted by Crippen LogP contribution is 2.55. The highest BCUT2D eigenvalue weighted by Gasteiger charge is 2.34. The molecule has 0 heterocycles. The molecule has 0 radical (unpaired) electrons. The third-order valence-corrected chi connectivity index (χ3v) is 9.89. The van der Waals surface area contributed by atoms with Crippen LogP contribution in [0.15, 0.2) is 35.1 Å². The van der Waals surface area contributed by atoms with E-state index < -0.39 is 7.36 Å². The number of hydrogen-bond donors (Lipinski definition) is 2. The Balaban J connectivity index is 3.35. The van der Waals surface area contributed by atoms with Gasteiger partial charge in [0.05, 0.1) is 26.2 Å². The number of nitrogens with one attached hydrogen (secondary N) is 2. The summed E-state index contributed by atoms with van der Waals surface area (Å²) in [5, 5.41) is 5.35. The van der Waals surface area contributed by atoms with E-state index in [2.05, 4.69) is 86.5 Å². The summed E-state index contributed by atoms with van der Waals surface area (Å²) >= 11 is 5.74. The first-order valence-corrected chi connectivity index (χ1v) is 12.9. The fraction of sp³-hybridized carbons (Fsp3) is 0.667. The van der Waals surface area contributed by atoms with Crippen LogP contribution in [0.4, 0.5) is 0 Å². The maximum absolute atomic E-state index is 5.74. The van der Waals surface area contributed by atoms with E-state index in [4.69, 9.17) is 17.0 Å². The van der Waals surface area contributed by atoms with E-state index in [1.165, 1.54) is 5.30 Å². The fourth-order valence-electron chi connectivity index (χ4n) is 3.67. The van der Waals surface area contributed by atoms with Crippen molar-refractivity contribution in [3.63, 3.8) is 0 Å². The Morgan fingerprint density at radius 3 is 1.86 bits per heavy atom. The first-order valence-electron chi connectivity index (χ1n) is 10.8. The third kappa shape index (κ3) is 6.36. The molecule has 0 aliphatic heterocycles. The van der Waals surface area contributed by atoms with Crippen LogP contribution in [0.5, 0.6) is 0 Å². The molecule has 0 aliphatic rings. The Bertz CT molecular complexity index is 594. The lowest BCUT2D eigenvalue weighted by Gasteiger charge is -2.43. The molecule has 0 saturated heterocycles. The number of rotatable bonds is 12. The van der Waals surface area contributed by atoms with Crippen molar-refractivity contribution < 1.29 is 4.90 Å². The van der Waals surface area contributed by atoms with E-state index in [0.717, 1.165) is 52.4 Å². The Hall–Kier alpha value is -0.780. The lowest BCUT2D eigenvalue weighted by atomic mass is 10.4. The summed E-state index contributed by atoms with van der Waals surface area (Å²) in [7, 11) is -2.12. The second-order valence-corrected chi connectivity index (χ2v) is 10.1. The molecule has 1 rings (SSSR count). The molecule has 1 aromatic carbocycles. The minimum absolute atomic E-state index is 0.641. The largest absolute Gasteiger partial charge is 0.355 e. The van der Waals surface area contributed by atoms with Crippen molar-refractivity contribution in [3.05, 3.63) is 30.3 Å². The second-order valence-electron chi connectivity index (χ2n) is 6.72. The van der Waals surface area contributed by atoms with E-state index in [1.54, 1.807) is 4.90 Å². The highest BCUT2D eigenvalue weighted by atomic mass is 32.1. The maximum atomic E-state index is 5.74. The van der Waals surface area contributed by atoms with Crippen molar-refractivity contribution >= 4 is 30.0 Å². The molecular formula is C21H41N5PS+. The quantitative estimate of drug-likeness (QED) is 0.398. The van der Waals surface area contributed by atoms with Crippen LogP contribution >= 0.6 is 19.6 Å². The summed E-state index contributed by atoms with van der Waals surface area (Å²) in [6, 6.07) is 10.7. The van der Waals surface area contributed by atoms with Gasteiger partial charge < -0.3 is 10.2 Å². The van der Waals surface area contributed by atoms with E-state index in [0.29, 0.717) is 5.11 Å². The normalized spacial score (nSPS) is 12.0. The van der Waals surface area contributed by atoms with Crippen LogP contribution in [0.3, 0.4) is 0 Å². The number of hydrogen-bond acceptors (Lipinski definition) is 1.